The quantitative estimate of drug-likeness (QED) is 0.462. The van der Waals surface area contributed by atoms with E-state index in [1.165, 1.54) is 0 Å². The summed E-state index contributed by atoms with van der Waals surface area (Å²) < 4.78 is 5.84. The molecule has 126 valence electrons. The van der Waals surface area contributed by atoms with Crippen LogP contribution >= 0.6 is 23.2 Å². The summed E-state index contributed by atoms with van der Waals surface area (Å²) in [7, 11) is 0. The summed E-state index contributed by atoms with van der Waals surface area (Å²) in [5.74, 6) is 0.793. The zero-order chi connectivity index (χ0) is 17.6. The molecule has 3 aromatic carbocycles. The zero-order valence-electron chi connectivity index (χ0n) is 13.7. The molecule has 3 rings (SSSR count). The van der Waals surface area contributed by atoms with Gasteiger partial charge in [-0.3, -0.25) is 4.99 Å². The average molecular weight is 370 g/mol. The fraction of sp³-hybridized carbons (Fsp3) is 0.0952. The van der Waals surface area contributed by atoms with E-state index in [1.54, 1.807) is 0 Å². The first kappa shape index (κ1) is 17.5. The lowest BCUT2D eigenvalue weighted by Crippen LogP contribution is -1.95. The maximum absolute atomic E-state index is 6.03. The number of hydrogen-bond donors (Lipinski definition) is 0. The molecule has 0 saturated heterocycles. The normalized spacial score (nSPS) is 11.0. The summed E-state index contributed by atoms with van der Waals surface area (Å²) in [6.45, 7) is 2.50. The highest BCUT2D eigenvalue weighted by molar-refractivity contribution is 6.31. The van der Waals surface area contributed by atoms with Gasteiger partial charge in [0.15, 0.2) is 0 Å². The van der Waals surface area contributed by atoms with Crippen molar-refractivity contribution >= 4 is 35.1 Å². The standard InChI is InChI=1S/C21H17Cl2NO/c1-15-5-8-19(23)12-21(15)24-13-17-3-2-4-20(11-17)25-14-16-6-9-18(22)10-7-16/h2-13H,14H2,1H3. The number of halogens is 2. The third kappa shape index (κ3) is 5.09. The molecule has 0 fully saturated rings. The fourth-order valence-corrected chi connectivity index (χ4v) is 2.59. The van der Waals surface area contributed by atoms with Crippen molar-refractivity contribution in [3.05, 3.63) is 93.5 Å². The van der Waals surface area contributed by atoms with Crippen LogP contribution in [0.1, 0.15) is 16.7 Å². The Bertz CT molecular complexity index is 889. The second-order valence-corrected chi connectivity index (χ2v) is 6.55. The van der Waals surface area contributed by atoms with Crippen molar-refractivity contribution in [1.82, 2.24) is 0 Å². The highest BCUT2D eigenvalue weighted by Gasteiger charge is 1.99. The molecule has 0 aliphatic carbocycles. The monoisotopic (exact) mass is 369 g/mol. The third-order valence-corrected chi connectivity index (χ3v) is 4.19. The molecule has 0 amide bonds. The van der Waals surface area contributed by atoms with E-state index in [0.717, 1.165) is 33.1 Å². The van der Waals surface area contributed by atoms with Crippen LogP contribution in [0, 0.1) is 6.92 Å². The fourth-order valence-electron chi connectivity index (χ4n) is 2.30. The van der Waals surface area contributed by atoms with Gasteiger partial charge in [-0.1, -0.05) is 53.5 Å². The van der Waals surface area contributed by atoms with Gasteiger partial charge in [0.1, 0.15) is 12.4 Å². The average Bonchev–Trinajstić information content (AvgIpc) is 2.62. The van der Waals surface area contributed by atoms with E-state index >= 15 is 0 Å². The molecule has 0 aromatic heterocycles. The SMILES string of the molecule is Cc1ccc(Cl)cc1N=Cc1cccc(OCc2ccc(Cl)cc2)c1. The first-order valence-corrected chi connectivity index (χ1v) is 8.63. The van der Waals surface area contributed by atoms with Crippen molar-refractivity contribution in [3.8, 4) is 5.75 Å². The zero-order valence-corrected chi connectivity index (χ0v) is 15.3. The summed E-state index contributed by atoms with van der Waals surface area (Å²) in [5.41, 5.74) is 3.97. The van der Waals surface area contributed by atoms with Crippen LogP contribution in [0.2, 0.25) is 10.0 Å². The Balaban J connectivity index is 1.69. The lowest BCUT2D eigenvalue weighted by atomic mass is 10.2. The van der Waals surface area contributed by atoms with Gasteiger partial charge >= 0.3 is 0 Å². The van der Waals surface area contributed by atoms with Crippen LogP contribution < -0.4 is 4.74 Å². The number of aryl methyl sites for hydroxylation is 1. The second-order valence-electron chi connectivity index (χ2n) is 5.68. The minimum Gasteiger partial charge on any atom is -0.489 e. The second kappa shape index (κ2) is 8.19. The molecule has 0 atom stereocenters. The summed E-state index contributed by atoms with van der Waals surface area (Å²) in [6.07, 6.45) is 1.81. The molecule has 0 spiro atoms. The predicted octanol–water partition coefficient (Wildman–Crippen LogP) is 6.63. The van der Waals surface area contributed by atoms with Gasteiger partial charge < -0.3 is 4.74 Å². The number of ether oxygens (including phenoxy) is 1. The van der Waals surface area contributed by atoms with E-state index in [0.29, 0.717) is 11.6 Å². The first-order chi connectivity index (χ1) is 12.1. The van der Waals surface area contributed by atoms with Crippen molar-refractivity contribution in [2.24, 2.45) is 4.99 Å². The van der Waals surface area contributed by atoms with Crippen LogP contribution in [0.25, 0.3) is 0 Å². The molecule has 0 bridgehead atoms. The van der Waals surface area contributed by atoms with Gasteiger partial charge in [0.25, 0.3) is 0 Å². The Hall–Kier alpha value is -2.29. The van der Waals surface area contributed by atoms with Crippen molar-refractivity contribution in [3.63, 3.8) is 0 Å². The van der Waals surface area contributed by atoms with Gasteiger partial charge in [-0.2, -0.15) is 0 Å². The Labute approximate surface area is 157 Å². The van der Waals surface area contributed by atoms with Crippen LogP contribution in [0.3, 0.4) is 0 Å². The summed E-state index contributed by atoms with van der Waals surface area (Å²) in [5, 5.41) is 1.40. The molecule has 4 heteroatoms. The topological polar surface area (TPSA) is 21.6 Å². The summed E-state index contributed by atoms with van der Waals surface area (Å²) >= 11 is 11.9. The summed E-state index contributed by atoms with van der Waals surface area (Å²) in [4.78, 5) is 4.53. The Kier molecular flexibility index (Phi) is 5.75. The molecule has 0 radical (unpaired) electrons. The van der Waals surface area contributed by atoms with E-state index in [2.05, 4.69) is 4.99 Å². The third-order valence-electron chi connectivity index (χ3n) is 3.70. The Morgan fingerprint density at radius 3 is 2.48 bits per heavy atom. The molecule has 0 aliphatic rings. The molecule has 2 nitrogen and oxygen atoms in total. The molecular weight excluding hydrogens is 353 g/mol. The number of nitrogens with zero attached hydrogens (tertiary/aromatic N) is 1. The Morgan fingerprint density at radius 1 is 0.920 bits per heavy atom. The van der Waals surface area contributed by atoms with Gasteiger partial charge in [-0.25, -0.2) is 0 Å². The highest BCUT2D eigenvalue weighted by atomic mass is 35.5. The summed E-state index contributed by atoms with van der Waals surface area (Å²) in [6, 6.07) is 21.1. The van der Waals surface area contributed by atoms with Gasteiger partial charge in [-0.15, -0.1) is 0 Å². The number of rotatable bonds is 5. The van der Waals surface area contributed by atoms with Crippen molar-refractivity contribution in [1.29, 1.82) is 0 Å². The number of aliphatic imine (C=N–C) groups is 1. The number of hydrogen-bond acceptors (Lipinski definition) is 2. The molecule has 0 heterocycles. The number of benzene rings is 3. The van der Waals surface area contributed by atoms with E-state index in [9.17, 15) is 0 Å². The van der Waals surface area contributed by atoms with Gasteiger partial charge in [0.05, 0.1) is 5.69 Å². The highest BCUT2D eigenvalue weighted by Crippen LogP contribution is 2.23. The molecule has 25 heavy (non-hydrogen) atoms. The van der Waals surface area contributed by atoms with Crippen LogP contribution in [0.4, 0.5) is 5.69 Å². The minimum absolute atomic E-state index is 0.491. The first-order valence-electron chi connectivity index (χ1n) is 7.88. The lowest BCUT2D eigenvalue weighted by molar-refractivity contribution is 0.306. The molecule has 3 aromatic rings. The smallest absolute Gasteiger partial charge is 0.120 e. The predicted molar refractivity (Wildman–Crippen MR) is 106 cm³/mol. The van der Waals surface area contributed by atoms with E-state index in [4.69, 9.17) is 27.9 Å². The maximum Gasteiger partial charge on any atom is 0.120 e. The van der Waals surface area contributed by atoms with Crippen molar-refractivity contribution < 1.29 is 4.74 Å². The van der Waals surface area contributed by atoms with Gasteiger partial charge in [0, 0.05) is 16.3 Å². The van der Waals surface area contributed by atoms with Crippen LogP contribution in [0.5, 0.6) is 5.75 Å². The van der Waals surface area contributed by atoms with E-state index in [-0.39, 0.29) is 0 Å². The molecule has 0 unspecified atom stereocenters. The molecule has 0 saturated carbocycles. The van der Waals surface area contributed by atoms with Crippen LogP contribution in [-0.2, 0) is 6.61 Å². The van der Waals surface area contributed by atoms with Crippen molar-refractivity contribution in [2.75, 3.05) is 0 Å². The van der Waals surface area contributed by atoms with Crippen molar-refractivity contribution in [2.45, 2.75) is 13.5 Å². The van der Waals surface area contributed by atoms with E-state index < -0.39 is 0 Å². The van der Waals surface area contributed by atoms with Gasteiger partial charge in [0.2, 0.25) is 0 Å². The van der Waals surface area contributed by atoms with Crippen LogP contribution in [0.15, 0.2) is 71.7 Å². The lowest BCUT2D eigenvalue weighted by Gasteiger charge is -2.07. The largest absolute Gasteiger partial charge is 0.489 e. The molecule has 0 aliphatic heterocycles. The maximum atomic E-state index is 6.03. The van der Waals surface area contributed by atoms with Gasteiger partial charge in [-0.05, 0) is 60.0 Å². The Morgan fingerprint density at radius 2 is 1.68 bits per heavy atom. The molecule has 0 N–H and O–H groups in total. The van der Waals surface area contributed by atoms with Crippen LogP contribution in [-0.4, -0.2) is 6.21 Å². The minimum atomic E-state index is 0.491. The van der Waals surface area contributed by atoms with E-state index in [1.807, 2.05) is 79.9 Å². The molecular formula is C21H17Cl2NO.